The van der Waals surface area contributed by atoms with Gasteiger partial charge in [-0.1, -0.05) is 0 Å². The zero-order chi connectivity index (χ0) is 15.5. The molecule has 2 N–H and O–H groups in total. The fourth-order valence-electron chi connectivity index (χ4n) is 2.72. The molecule has 6 heteroatoms. The second-order valence-electron chi connectivity index (χ2n) is 5.17. The lowest BCUT2D eigenvalue weighted by Crippen LogP contribution is -2.16. The highest BCUT2D eigenvalue weighted by Gasteiger charge is 2.27. The molecule has 0 atom stereocenters. The first-order chi connectivity index (χ1) is 10.7. The van der Waals surface area contributed by atoms with E-state index >= 15 is 0 Å². The van der Waals surface area contributed by atoms with Crippen molar-refractivity contribution in [2.45, 2.75) is 32.6 Å². The van der Waals surface area contributed by atoms with Gasteiger partial charge in [0.15, 0.2) is 0 Å². The molecule has 2 aromatic heterocycles. The normalized spacial score (nSPS) is 13.5. The number of amides is 1. The zero-order valence-electron chi connectivity index (χ0n) is 12.4. The van der Waals surface area contributed by atoms with E-state index in [2.05, 4.69) is 10.3 Å². The van der Waals surface area contributed by atoms with Crippen molar-refractivity contribution < 1.29 is 14.3 Å². The largest absolute Gasteiger partial charge is 0.462 e. The summed E-state index contributed by atoms with van der Waals surface area (Å²) in [6, 6.07) is 3.47. The first-order valence-electron chi connectivity index (χ1n) is 7.47. The number of anilines is 1. The Labute approximate surface area is 132 Å². The number of rotatable bonds is 4. The Hall–Kier alpha value is -2.08. The number of aryl methyl sites for hydroxylation is 1. The molecule has 0 aliphatic heterocycles. The molecule has 0 saturated carbocycles. The molecule has 2 aromatic rings. The molecule has 0 unspecified atom stereocenters. The summed E-state index contributed by atoms with van der Waals surface area (Å²) in [6.45, 7) is 2.11. The zero-order valence-corrected chi connectivity index (χ0v) is 13.2. The molecule has 22 heavy (non-hydrogen) atoms. The van der Waals surface area contributed by atoms with Crippen molar-refractivity contribution in [3.63, 3.8) is 0 Å². The first-order valence-corrected chi connectivity index (χ1v) is 8.28. The fourth-order valence-corrected chi connectivity index (χ4v) is 3.99. The van der Waals surface area contributed by atoms with E-state index in [9.17, 15) is 9.59 Å². The highest BCUT2D eigenvalue weighted by Crippen LogP contribution is 2.38. The number of H-pyrrole nitrogens is 1. The molecule has 3 rings (SSSR count). The van der Waals surface area contributed by atoms with E-state index in [0.29, 0.717) is 22.9 Å². The van der Waals surface area contributed by atoms with Crippen LogP contribution in [-0.2, 0) is 17.6 Å². The Morgan fingerprint density at radius 1 is 1.36 bits per heavy atom. The van der Waals surface area contributed by atoms with Gasteiger partial charge in [-0.15, -0.1) is 11.3 Å². The standard InChI is InChI=1S/C16H18N2O3S/c1-2-21-16(20)13-10-6-3-4-8-12(10)22-15(13)18-14(19)11-7-5-9-17-11/h5,7,9,17H,2-4,6,8H2,1H3,(H,18,19). The Kier molecular flexibility index (Phi) is 4.29. The Bertz CT molecular complexity index is 689. The maximum absolute atomic E-state index is 12.3. The van der Waals surface area contributed by atoms with E-state index in [-0.39, 0.29) is 11.9 Å². The van der Waals surface area contributed by atoms with Crippen LogP contribution in [-0.4, -0.2) is 23.5 Å². The smallest absolute Gasteiger partial charge is 0.341 e. The summed E-state index contributed by atoms with van der Waals surface area (Å²) in [4.78, 5) is 28.6. The van der Waals surface area contributed by atoms with Crippen molar-refractivity contribution in [2.75, 3.05) is 11.9 Å². The summed E-state index contributed by atoms with van der Waals surface area (Å²) in [5.41, 5.74) is 2.07. The number of hydrogen-bond donors (Lipinski definition) is 2. The van der Waals surface area contributed by atoms with Crippen LogP contribution in [0.25, 0.3) is 0 Å². The van der Waals surface area contributed by atoms with E-state index < -0.39 is 0 Å². The predicted molar refractivity (Wildman–Crippen MR) is 85.7 cm³/mol. The lowest BCUT2D eigenvalue weighted by atomic mass is 9.95. The molecule has 1 aliphatic rings. The van der Waals surface area contributed by atoms with Crippen molar-refractivity contribution in [3.05, 3.63) is 40.0 Å². The Morgan fingerprint density at radius 3 is 2.91 bits per heavy atom. The minimum absolute atomic E-state index is 0.242. The van der Waals surface area contributed by atoms with E-state index in [1.807, 2.05) is 0 Å². The van der Waals surface area contributed by atoms with Crippen molar-refractivity contribution >= 4 is 28.2 Å². The van der Waals surface area contributed by atoms with Crippen LogP contribution in [0.15, 0.2) is 18.3 Å². The summed E-state index contributed by atoms with van der Waals surface area (Å²) in [5.74, 6) is -0.585. The number of esters is 1. The lowest BCUT2D eigenvalue weighted by Gasteiger charge is -2.12. The van der Waals surface area contributed by atoms with Crippen molar-refractivity contribution in [2.24, 2.45) is 0 Å². The summed E-state index contributed by atoms with van der Waals surface area (Å²) in [7, 11) is 0. The number of carbonyl (C=O) groups is 2. The maximum Gasteiger partial charge on any atom is 0.341 e. The van der Waals surface area contributed by atoms with Gasteiger partial charge in [0.25, 0.3) is 5.91 Å². The minimum Gasteiger partial charge on any atom is -0.462 e. The predicted octanol–water partition coefficient (Wildman–Crippen LogP) is 3.38. The van der Waals surface area contributed by atoms with Gasteiger partial charge in [-0.3, -0.25) is 4.79 Å². The lowest BCUT2D eigenvalue weighted by molar-refractivity contribution is 0.0526. The molecule has 0 fully saturated rings. The van der Waals surface area contributed by atoms with Crippen LogP contribution in [0.1, 0.15) is 51.1 Å². The molecule has 1 amide bonds. The quantitative estimate of drug-likeness (QED) is 0.849. The van der Waals surface area contributed by atoms with Crippen LogP contribution < -0.4 is 5.32 Å². The van der Waals surface area contributed by atoms with Crippen molar-refractivity contribution in [1.82, 2.24) is 4.98 Å². The van der Waals surface area contributed by atoms with Gasteiger partial charge < -0.3 is 15.0 Å². The molecule has 0 aromatic carbocycles. The highest BCUT2D eigenvalue weighted by molar-refractivity contribution is 7.17. The third-order valence-electron chi connectivity index (χ3n) is 3.72. The van der Waals surface area contributed by atoms with Gasteiger partial charge in [0.05, 0.1) is 12.2 Å². The number of aromatic amines is 1. The van der Waals surface area contributed by atoms with Crippen LogP contribution in [0.2, 0.25) is 0 Å². The highest BCUT2D eigenvalue weighted by atomic mass is 32.1. The number of aromatic nitrogens is 1. The molecule has 0 radical (unpaired) electrons. The fraction of sp³-hybridized carbons (Fsp3) is 0.375. The van der Waals surface area contributed by atoms with Gasteiger partial charge >= 0.3 is 5.97 Å². The maximum atomic E-state index is 12.3. The SMILES string of the molecule is CCOC(=O)c1c(NC(=O)c2ccc[nH]2)sc2c1CCCC2. The third kappa shape index (κ3) is 2.78. The van der Waals surface area contributed by atoms with Crippen LogP contribution in [0.3, 0.4) is 0 Å². The van der Waals surface area contributed by atoms with Crippen LogP contribution in [0, 0.1) is 0 Å². The van der Waals surface area contributed by atoms with Gasteiger partial charge in [0.1, 0.15) is 10.7 Å². The van der Waals surface area contributed by atoms with Gasteiger partial charge in [-0.05, 0) is 50.3 Å². The van der Waals surface area contributed by atoms with Gasteiger partial charge in [-0.25, -0.2) is 4.79 Å². The van der Waals surface area contributed by atoms with Crippen molar-refractivity contribution in [1.29, 1.82) is 0 Å². The monoisotopic (exact) mass is 318 g/mol. The molecular formula is C16H18N2O3S. The minimum atomic E-state index is -0.344. The molecule has 2 heterocycles. The number of thiophene rings is 1. The van der Waals surface area contributed by atoms with Gasteiger partial charge in [0.2, 0.25) is 0 Å². The van der Waals surface area contributed by atoms with Crippen LogP contribution in [0.4, 0.5) is 5.00 Å². The van der Waals surface area contributed by atoms with E-state index in [1.165, 1.54) is 16.2 Å². The van der Waals surface area contributed by atoms with Crippen molar-refractivity contribution in [3.8, 4) is 0 Å². The average Bonchev–Trinajstić information content (AvgIpc) is 3.14. The topological polar surface area (TPSA) is 71.2 Å². The average molecular weight is 318 g/mol. The summed E-state index contributed by atoms with van der Waals surface area (Å²) in [5, 5.41) is 3.46. The molecule has 116 valence electrons. The number of hydrogen-bond acceptors (Lipinski definition) is 4. The second-order valence-corrected chi connectivity index (χ2v) is 6.28. The molecular weight excluding hydrogens is 300 g/mol. The Balaban J connectivity index is 1.94. The number of ether oxygens (including phenoxy) is 1. The molecule has 0 saturated heterocycles. The van der Waals surface area contributed by atoms with Crippen LogP contribution in [0.5, 0.6) is 0 Å². The van der Waals surface area contributed by atoms with Crippen LogP contribution >= 0.6 is 11.3 Å². The van der Waals surface area contributed by atoms with Gasteiger partial charge in [0, 0.05) is 11.1 Å². The second kappa shape index (κ2) is 6.36. The third-order valence-corrected chi connectivity index (χ3v) is 4.93. The van der Waals surface area contributed by atoms with Gasteiger partial charge in [-0.2, -0.15) is 0 Å². The van der Waals surface area contributed by atoms with E-state index in [1.54, 1.807) is 25.3 Å². The van der Waals surface area contributed by atoms with E-state index in [0.717, 1.165) is 31.2 Å². The number of carbonyl (C=O) groups excluding carboxylic acids is 2. The molecule has 0 spiro atoms. The number of nitrogens with one attached hydrogen (secondary N) is 2. The first kappa shape index (κ1) is 14.8. The summed E-state index contributed by atoms with van der Waals surface area (Å²) >= 11 is 1.50. The summed E-state index contributed by atoms with van der Waals surface area (Å²) in [6.07, 6.45) is 5.73. The van der Waals surface area contributed by atoms with E-state index in [4.69, 9.17) is 4.74 Å². The molecule has 5 nitrogen and oxygen atoms in total. The summed E-state index contributed by atoms with van der Waals surface area (Å²) < 4.78 is 5.17. The molecule has 1 aliphatic carbocycles. The Morgan fingerprint density at radius 2 is 2.18 bits per heavy atom. The molecule has 0 bridgehead atoms. The number of fused-ring (bicyclic) bond motifs is 1.